The Kier molecular flexibility index (Phi) is 10.8. The summed E-state index contributed by atoms with van der Waals surface area (Å²) in [6, 6.07) is 16.2. The maximum atomic E-state index is 13.2. The van der Waals surface area contributed by atoms with E-state index < -0.39 is 16.7 Å². The van der Waals surface area contributed by atoms with Crippen LogP contribution in [0.4, 0.5) is 5.69 Å². The standard InChI is InChI=1S/C28H38N2O2S.C2H2O4/c1-27(18-8-4-9-19-27)29-20-10-5-11-21-32-23-16-14-22(15-17-23)28(2)26(31)30(3)24-12-6-7-13-25(24)33-28;3-1(4)2(5)6/h6-7,12-17,29H,4-5,8-11,18-21H2,1-3H3;(H,3,4)(H,5,6). The molecular weight excluding hydrogens is 516 g/mol. The third kappa shape index (κ3) is 8.22. The summed E-state index contributed by atoms with van der Waals surface area (Å²) in [5, 5.41) is 18.6. The number of hydrogen-bond acceptors (Lipinski definition) is 6. The molecule has 1 saturated carbocycles. The minimum absolute atomic E-state index is 0.107. The normalized spacial score (nSPS) is 19.9. The van der Waals surface area contributed by atoms with Gasteiger partial charge in [0.05, 0.1) is 12.3 Å². The molecule has 1 fully saturated rings. The van der Waals surface area contributed by atoms with Gasteiger partial charge in [-0.25, -0.2) is 9.59 Å². The highest BCUT2D eigenvalue weighted by Gasteiger charge is 2.43. The summed E-state index contributed by atoms with van der Waals surface area (Å²) in [5.41, 5.74) is 2.35. The molecule has 0 saturated heterocycles. The summed E-state index contributed by atoms with van der Waals surface area (Å²) in [6.45, 7) is 6.24. The van der Waals surface area contributed by atoms with Crippen molar-refractivity contribution in [2.24, 2.45) is 0 Å². The average molecular weight is 557 g/mol. The molecule has 0 aromatic heterocycles. The van der Waals surface area contributed by atoms with Crippen LogP contribution in [0.15, 0.2) is 53.4 Å². The number of nitrogens with zero attached hydrogens (tertiary/aromatic N) is 1. The first-order chi connectivity index (χ1) is 18.6. The summed E-state index contributed by atoms with van der Waals surface area (Å²) in [5.74, 6) is -2.67. The van der Waals surface area contributed by atoms with Gasteiger partial charge < -0.3 is 25.2 Å². The predicted molar refractivity (Wildman–Crippen MR) is 154 cm³/mol. The van der Waals surface area contributed by atoms with Crippen molar-refractivity contribution < 1.29 is 29.3 Å². The number of benzene rings is 2. The number of carboxylic acid groups (broad SMARTS) is 2. The van der Waals surface area contributed by atoms with Crippen molar-refractivity contribution in [1.29, 1.82) is 0 Å². The van der Waals surface area contributed by atoms with Gasteiger partial charge in [0, 0.05) is 17.5 Å². The maximum Gasteiger partial charge on any atom is 0.414 e. The minimum Gasteiger partial charge on any atom is -0.494 e. The van der Waals surface area contributed by atoms with Gasteiger partial charge in [-0.3, -0.25) is 4.79 Å². The van der Waals surface area contributed by atoms with E-state index in [9.17, 15) is 4.79 Å². The summed E-state index contributed by atoms with van der Waals surface area (Å²) in [4.78, 5) is 34.3. The van der Waals surface area contributed by atoms with Gasteiger partial charge in [-0.2, -0.15) is 0 Å². The molecule has 0 bridgehead atoms. The van der Waals surface area contributed by atoms with Gasteiger partial charge in [0.15, 0.2) is 0 Å². The lowest BCUT2D eigenvalue weighted by Gasteiger charge is -2.38. The van der Waals surface area contributed by atoms with Gasteiger partial charge >= 0.3 is 11.9 Å². The van der Waals surface area contributed by atoms with Crippen LogP contribution < -0.4 is 15.0 Å². The van der Waals surface area contributed by atoms with Crippen molar-refractivity contribution in [3.63, 3.8) is 0 Å². The molecule has 1 aliphatic heterocycles. The van der Waals surface area contributed by atoms with E-state index in [2.05, 4.69) is 18.3 Å². The van der Waals surface area contributed by atoms with Crippen LogP contribution in [0.3, 0.4) is 0 Å². The number of carbonyl (C=O) groups is 3. The third-order valence-corrected chi connectivity index (χ3v) is 8.82. The fourth-order valence-electron chi connectivity index (χ4n) is 5.06. The lowest BCUT2D eigenvalue weighted by molar-refractivity contribution is -0.159. The number of amides is 1. The van der Waals surface area contributed by atoms with E-state index in [1.165, 1.54) is 44.9 Å². The molecule has 1 amide bonds. The second-order valence-electron chi connectivity index (χ2n) is 10.6. The molecule has 39 heavy (non-hydrogen) atoms. The van der Waals surface area contributed by atoms with Gasteiger partial charge in [-0.05, 0) is 82.3 Å². The van der Waals surface area contributed by atoms with E-state index in [4.69, 9.17) is 24.5 Å². The zero-order chi connectivity index (χ0) is 28.5. The van der Waals surface area contributed by atoms with Crippen molar-refractivity contribution in [2.45, 2.75) is 80.4 Å². The van der Waals surface area contributed by atoms with Crippen molar-refractivity contribution >= 4 is 35.3 Å². The lowest BCUT2D eigenvalue weighted by Crippen LogP contribution is -2.44. The predicted octanol–water partition coefficient (Wildman–Crippen LogP) is 5.69. The van der Waals surface area contributed by atoms with Crippen molar-refractivity contribution in [3.8, 4) is 5.75 Å². The van der Waals surface area contributed by atoms with E-state index in [0.29, 0.717) is 5.54 Å². The fourth-order valence-corrected chi connectivity index (χ4v) is 6.43. The number of thioether (sulfide) groups is 1. The largest absolute Gasteiger partial charge is 0.494 e. The number of hydrogen-bond donors (Lipinski definition) is 3. The second-order valence-corrected chi connectivity index (χ2v) is 12.0. The number of ether oxygens (including phenoxy) is 1. The summed E-state index contributed by atoms with van der Waals surface area (Å²) >= 11 is 1.63. The van der Waals surface area contributed by atoms with Crippen LogP contribution in [0, 0.1) is 0 Å². The zero-order valence-electron chi connectivity index (χ0n) is 23.1. The van der Waals surface area contributed by atoms with E-state index >= 15 is 0 Å². The lowest BCUT2D eigenvalue weighted by atomic mass is 9.83. The van der Waals surface area contributed by atoms with Gasteiger partial charge in [0.25, 0.3) is 0 Å². The second kappa shape index (κ2) is 13.8. The summed E-state index contributed by atoms with van der Waals surface area (Å²) < 4.78 is 5.34. The van der Waals surface area contributed by atoms with Gasteiger partial charge in [-0.1, -0.05) is 43.5 Å². The molecule has 2 aromatic rings. The molecule has 1 atom stereocenters. The van der Waals surface area contributed by atoms with E-state index in [1.54, 1.807) is 16.7 Å². The van der Waals surface area contributed by atoms with E-state index in [-0.39, 0.29) is 5.91 Å². The molecule has 4 rings (SSSR count). The number of fused-ring (bicyclic) bond motifs is 1. The monoisotopic (exact) mass is 556 g/mol. The number of carbonyl (C=O) groups excluding carboxylic acids is 1. The molecular formula is C30H40N2O6S. The highest BCUT2D eigenvalue weighted by molar-refractivity contribution is 8.01. The number of rotatable bonds is 9. The Labute approximate surface area is 235 Å². The van der Waals surface area contributed by atoms with Crippen molar-refractivity contribution in [1.82, 2.24) is 5.32 Å². The summed E-state index contributed by atoms with van der Waals surface area (Å²) in [6.07, 6.45) is 10.2. The molecule has 9 heteroatoms. The molecule has 3 N–H and O–H groups in total. The molecule has 8 nitrogen and oxygen atoms in total. The Hall–Kier alpha value is -3.04. The Morgan fingerprint density at radius 2 is 1.59 bits per heavy atom. The topological polar surface area (TPSA) is 116 Å². The van der Waals surface area contributed by atoms with Crippen LogP contribution in [0.5, 0.6) is 5.75 Å². The highest BCUT2D eigenvalue weighted by Crippen LogP contribution is 2.50. The Morgan fingerprint density at radius 1 is 0.949 bits per heavy atom. The first-order valence-corrected chi connectivity index (χ1v) is 14.4. The third-order valence-electron chi connectivity index (χ3n) is 7.44. The maximum absolute atomic E-state index is 13.2. The number of nitrogens with one attached hydrogen (secondary N) is 1. The van der Waals surface area contributed by atoms with Crippen LogP contribution in [-0.4, -0.2) is 53.8 Å². The highest BCUT2D eigenvalue weighted by atomic mass is 32.2. The van der Waals surface area contributed by atoms with Gasteiger partial charge in [0.1, 0.15) is 10.5 Å². The SMILES string of the molecule is CN1C(=O)C(C)(c2ccc(OCCCCCNC3(C)CCCCC3)cc2)Sc2ccccc21.O=C(O)C(=O)O. The Bertz CT molecular complexity index is 1120. The average Bonchev–Trinajstić information content (AvgIpc) is 2.92. The molecule has 0 spiro atoms. The Balaban J connectivity index is 0.000000631. The quantitative estimate of drug-likeness (QED) is 0.267. The molecule has 0 radical (unpaired) electrons. The van der Waals surface area contributed by atoms with Crippen LogP contribution >= 0.6 is 11.8 Å². The van der Waals surface area contributed by atoms with Crippen LogP contribution in [-0.2, 0) is 19.1 Å². The number of para-hydroxylation sites is 1. The van der Waals surface area contributed by atoms with Crippen molar-refractivity contribution in [3.05, 3.63) is 54.1 Å². The molecule has 212 valence electrons. The minimum atomic E-state index is -1.82. The smallest absolute Gasteiger partial charge is 0.414 e. The number of aliphatic carboxylic acids is 2. The molecule has 1 unspecified atom stereocenters. The first-order valence-electron chi connectivity index (χ1n) is 13.6. The van der Waals surface area contributed by atoms with Crippen LogP contribution in [0.1, 0.15) is 70.8 Å². The number of anilines is 1. The van der Waals surface area contributed by atoms with E-state index in [1.807, 2.05) is 56.4 Å². The molecule has 1 aliphatic carbocycles. The molecule has 1 heterocycles. The zero-order valence-corrected chi connectivity index (χ0v) is 23.9. The van der Waals surface area contributed by atoms with Gasteiger partial charge in [0.2, 0.25) is 5.91 Å². The van der Waals surface area contributed by atoms with Crippen molar-refractivity contribution in [2.75, 3.05) is 25.1 Å². The first kappa shape index (κ1) is 30.5. The van der Waals surface area contributed by atoms with Gasteiger partial charge in [-0.15, -0.1) is 11.8 Å². The number of carboxylic acids is 2. The molecule has 2 aromatic carbocycles. The number of unbranched alkanes of at least 4 members (excludes halogenated alkanes) is 2. The van der Waals surface area contributed by atoms with E-state index in [0.717, 1.165) is 41.5 Å². The number of likely N-dealkylation sites (N-methyl/N-ethyl adjacent to an activating group) is 1. The fraction of sp³-hybridized carbons (Fsp3) is 0.500. The van der Waals surface area contributed by atoms with Crippen LogP contribution in [0.25, 0.3) is 0 Å². The Morgan fingerprint density at radius 3 is 2.23 bits per heavy atom. The van der Waals surface area contributed by atoms with Crippen LogP contribution in [0.2, 0.25) is 0 Å². The summed E-state index contributed by atoms with van der Waals surface area (Å²) in [7, 11) is 1.86. The molecule has 2 aliphatic rings.